The van der Waals surface area contributed by atoms with E-state index in [9.17, 15) is 19.2 Å². The highest BCUT2D eigenvalue weighted by Crippen LogP contribution is 2.32. The second-order valence-electron chi connectivity index (χ2n) is 7.22. The average Bonchev–Trinajstić information content (AvgIpc) is 3.20. The van der Waals surface area contributed by atoms with E-state index in [0.717, 1.165) is 17.7 Å². The molecule has 2 amide bonds. The van der Waals surface area contributed by atoms with Crippen molar-refractivity contribution in [2.75, 3.05) is 0 Å². The number of hydrogen-bond acceptors (Lipinski definition) is 5. The number of benzene rings is 1. The molecular weight excluding hydrogens is 445 g/mol. The van der Waals surface area contributed by atoms with Crippen LogP contribution in [0.1, 0.15) is 53.2 Å². The first-order chi connectivity index (χ1) is 14.8. The maximum Gasteiger partial charge on any atom is 0.330 e. The van der Waals surface area contributed by atoms with Crippen molar-refractivity contribution in [2.45, 2.75) is 46.3 Å². The van der Waals surface area contributed by atoms with Crippen molar-refractivity contribution in [3.63, 3.8) is 0 Å². The van der Waals surface area contributed by atoms with Crippen LogP contribution in [0.5, 0.6) is 0 Å². The third kappa shape index (κ3) is 3.37. The Hall–Kier alpha value is -2.91. The minimum Gasteiger partial charge on any atom is -0.321 e. The zero-order valence-electron chi connectivity index (χ0n) is 16.9. The molecule has 3 aromatic rings. The number of unbranched alkanes of at least 4 members (excludes halogenated alkanes) is 1. The summed E-state index contributed by atoms with van der Waals surface area (Å²) in [6.07, 6.45) is 1.59. The summed E-state index contributed by atoms with van der Waals surface area (Å²) in [6, 6.07) is 2.74. The fraction of sp³-hybridized carbons (Fsp3) is 0.350. The number of amides is 2. The number of nitrogens with zero attached hydrogens (tertiary/aromatic N) is 4. The summed E-state index contributed by atoms with van der Waals surface area (Å²) >= 11 is 12.0. The van der Waals surface area contributed by atoms with Gasteiger partial charge in [0.25, 0.3) is 17.4 Å². The molecule has 2 aromatic heterocycles. The quantitative estimate of drug-likeness (QED) is 0.565. The molecule has 0 bridgehead atoms. The molecule has 0 radical (unpaired) electrons. The number of rotatable bonds is 6. The van der Waals surface area contributed by atoms with Gasteiger partial charge in [0, 0.05) is 13.1 Å². The number of imide groups is 1. The Kier molecular flexibility index (Phi) is 5.49. The van der Waals surface area contributed by atoms with Gasteiger partial charge >= 0.3 is 5.69 Å². The number of aromatic amines is 1. The predicted octanol–water partition coefficient (Wildman–Crippen LogP) is 2.81. The van der Waals surface area contributed by atoms with Gasteiger partial charge in [-0.3, -0.25) is 28.8 Å². The van der Waals surface area contributed by atoms with Gasteiger partial charge in [-0.15, -0.1) is 0 Å². The molecule has 162 valence electrons. The SMILES string of the molecule is CCCCn1c(=O)[nH]c(=O)c2c1nc(CN1C(=O)c3cc(Cl)c(Cl)cc3C1=O)n2CC. The van der Waals surface area contributed by atoms with E-state index in [0.29, 0.717) is 18.9 Å². The molecule has 0 spiro atoms. The molecule has 3 heterocycles. The van der Waals surface area contributed by atoms with E-state index in [-0.39, 0.29) is 38.9 Å². The maximum atomic E-state index is 12.9. The van der Waals surface area contributed by atoms with Gasteiger partial charge in [-0.2, -0.15) is 0 Å². The van der Waals surface area contributed by atoms with Gasteiger partial charge in [-0.25, -0.2) is 9.78 Å². The minimum absolute atomic E-state index is 0.161. The molecule has 0 saturated carbocycles. The molecule has 0 aliphatic carbocycles. The Balaban J connectivity index is 1.81. The standard InChI is InChI=1S/C20H19Cl2N5O4/c1-3-5-6-26-16-15(17(28)24-20(26)31)25(4-2)14(23-16)9-27-18(29)10-7-12(21)13(22)8-11(10)19(27)30/h7-8H,3-6,9H2,1-2H3,(H,24,28,31). The molecule has 1 aliphatic heterocycles. The second-order valence-corrected chi connectivity index (χ2v) is 8.03. The highest BCUT2D eigenvalue weighted by atomic mass is 35.5. The van der Waals surface area contributed by atoms with Gasteiger partial charge in [0.1, 0.15) is 5.82 Å². The number of H-pyrrole nitrogens is 1. The van der Waals surface area contributed by atoms with Gasteiger partial charge in [0.2, 0.25) is 0 Å². The summed E-state index contributed by atoms with van der Waals surface area (Å²) in [4.78, 5) is 58.5. The number of carbonyl (C=O) groups excluding carboxylic acids is 2. The molecule has 1 N–H and O–H groups in total. The second kappa shape index (κ2) is 7.97. The van der Waals surface area contributed by atoms with Gasteiger partial charge in [0.15, 0.2) is 11.2 Å². The first kappa shape index (κ1) is 21.3. The summed E-state index contributed by atoms with van der Waals surface area (Å²) in [5.74, 6) is -0.721. The lowest BCUT2D eigenvalue weighted by atomic mass is 10.1. The number of fused-ring (bicyclic) bond motifs is 2. The van der Waals surface area contributed by atoms with Crippen molar-refractivity contribution in [1.29, 1.82) is 0 Å². The van der Waals surface area contributed by atoms with Crippen LogP contribution in [0, 0.1) is 0 Å². The minimum atomic E-state index is -0.561. The topological polar surface area (TPSA) is 110 Å². The number of aromatic nitrogens is 4. The van der Waals surface area contributed by atoms with Crippen molar-refractivity contribution in [2.24, 2.45) is 0 Å². The maximum absolute atomic E-state index is 12.9. The molecule has 4 rings (SSSR count). The molecule has 0 unspecified atom stereocenters. The molecule has 9 nitrogen and oxygen atoms in total. The highest BCUT2D eigenvalue weighted by molar-refractivity contribution is 6.43. The van der Waals surface area contributed by atoms with Crippen molar-refractivity contribution in [1.82, 2.24) is 24.0 Å². The lowest BCUT2D eigenvalue weighted by molar-refractivity contribution is 0.0637. The van der Waals surface area contributed by atoms with Crippen LogP contribution in [-0.2, 0) is 19.6 Å². The van der Waals surface area contributed by atoms with Crippen LogP contribution in [0.4, 0.5) is 0 Å². The zero-order chi connectivity index (χ0) is 22.4. The van der Waals surface area contributed by atoms with E-state index in [1.165, 1.54) is 16.7 Å². The summed E-state index contributed by atoms with van der Waals surface area (Å²) in [5.41, 5.74) is -0.303. The van der Waals surface area contributed by atoms with E-state index in [1.54, 1.807) is 4.57 Å². The normalized spacial score (nSPS) is 13.5. The van der Waals surface area contributed by atoms with E-state index < -0.39 is 23.1 Å². The largest absolute Gasteiger partial charge is 0.330 e. The Morgan fingerprint density at radius 2 is 1.58 bits per heavy atom. The van der Waals surface area contributed by atoms with E-state index >= 15 is 0 Å². The van der Waals surface area contributed by atoms with Crippen LogP contribution in [-0.4, -0.2) is 35.8 Å². The van der Waals surface area contributed by atoms with Crippen LogP contribution in [0.3, 0.4) is 0 Å². The van der Waals surface area contributed by atoms with E-state index in [4.69, 9.17) is 23.2 Å². The molecule has 31 heavy (non-hydrogen) atoms. The van der Waals surface area contributed by atoms with Crippen LogP contribution in [0.2, 0.25) is 10.0 Å². The number of aryl methyl sites for hydroxylation is 2. The number of imidazole rings is 1. The summed E-state index contributed by atoms with van der Waals surface area (Å²) in [6.45, 7) is 4.40. The van der Waals surface area contributed by atoms with Gasteiger partial charge < -0.3 is 4.57 Å². The molecule has 0 atom stereocenters. The third-order valence-electron chi connectivity index (χ3n) is 5.33. The van der Waals surface area contributed by atoms with Crippen LogP contribution < -0.4 is 11.2 Å². The fourth-order valence-corrected chi connectivity index (χ4v) is 4.10. The average molecular weight is 464 g/mol. The van der Waals surface area contributed by atoms with E-state index in [1.807, 2.05) is 13.8 Å². The monoisotopic (exact) mass is 463 g/mol. The van der Waals surface area contributed by atoms with Gasteiger partial charge in [-0.1, -0.05) is 36.5 Å². The van der Waals surface area contributed by atoms with Crippen molar-refractivity contribution < 1.29 is 9.59 Å². The Labute approximate surface area is 186 Å². The Morgan fingerprint density at radius 1 is 0.968 bits per heavy atom. The number of hydrogen-bond donors (Lipinski definition) is 1. The smallest absolute Gasteiger partial charge is 0.321 e. The van der Waals surface area contributed by atoms with E-state index in [2.05, 4.69) is 9.97 Å². The van der Waals surface area contributed by atoms with Crippen LogP contribution in [0.15, 0.2) is 21.7 Å². The summed E-state index contributed by atoms with van der Waals surface area (Å²) < 4.78 is 3.03. The number of carbonyl (C=O) groups is 2. The fourth-order valence-electron chi connectivity index (χ4n) is 3.77. The Morgan fingerprint density at radius 3 is 2.13 bits per heavy atom. The van der Waals surface area contributed by atoms with Crippen LogP contribution >= 0.6 is 23.2 Å². The Bertz CT molecular complexity index is 1310. The molecule has 11 heteroatoms. The third-order valence-corrected chi connectivity index (χ3v) is 6.05. The summed E-state index contributed by atoms with van der Waals surface area (Å²) in [5, 5.41) is 0.353. The molecule has 1 aromatic carbocycles. The lowest BCUT2D eigenvalue weighted by Crippen LogP contribution is -2.31. The lowest BCUT2D eigenvalue weighted by Gasteiger charge is -2.14. The first-order valence-corrected chi connectivity index (χ1v) is 10.6. The predicted molar refractivity (Wildman–Crippen MR) is 116 cm³/mol. The van der Waals surface area contributed by atoms with Crippen molar-refractivity contribution in [3.05, 3.63) is 60.0 Å². The van der Waals surface area contributed by atoms with Crippen molar-refractivity contribution >= 4 is 46.2 Å². The van der Waals surface area contributed by atoms with Crippen molar-refractivity contribution in [3.8, 4) is 0 Å². The molecular formula is C20H19Cl2N5O4. The number of halogens is 2. The number of nitrogens with one attached hydrogen (secondary N) is 1. The van der Waals surface area contributed by atoms with Gasteiger partial charge in [0.05, 0.1) is 27.7 Å². The first-order valence-electron chi connectivity index (χ1n) is 9.85. The highest BCUT2D eigenvalue weighted by Gasteiger charge is 2.37. The molecule has 0 fully saturated rings. The zero-order valence-corrected chi connectivity index (χ0v) is 18.4. The van der Waals surface area contributed by atoms with Gasteiger partial charge in [-0.05, 0) is 25.5 Å². The molecule has 0 saturated heterocycles. The summed E-state index contributed by atoms with van der Waals surface area (Å²) in [7, 11) is 0. The van der Waals surface area contributed by atoms with Crippen LogP contribution in [0.25, 0.3) is 11.2 Å². The molecule has 1 aliphatic rings.